The van der Waals surface area contributed by atoms with Gasteiger partial charge in [-0.05, 0) is 44.4 Å². The first-order chi connectivity index (χ1) is 16.0. The van der Waals surface area contributed by atoms with Crippen LogP contribution in [0.3, 0.4) is 0 Å². The van der Waals surface area contributed by atoms with Crippen molar-refractivity contribution in [2.45, 2.75) is 39.8 Å². The second kappa shape index (κ2) is 10.4. The van der Waals surface area contributed by atoms with Crippen molar-refractivity contribution in [3.63, 3.8) is 0 Å². The molecule has 3 aromatic heterocycles. The molecule has 0 spiro atoms. The topological polar surface area (TPSA) is 76.9 Å². The van der Waals surface area contributed by atoms with Gasteiger partial charge in [-0.25, -0.2) is 4.98 Å². The molecule has 0 aliphatic rings. The highest BCUT2D eigenvalue weighted by atomic mass is 32.1. The third-order valence-corrected chi connectivity index (χ3v) is 6.43. The van der Waals surface area contributed by atoms with Crippen LogP contribution in [0.1, 0.15) is 43.7 Å². The van der Waals surface area contributed by atoms with Crippen LogP contribution >= 0.6 is 11.3 Å². The molecule has 4 aromatic rings. The van der Waals surface area contributed by atoms with Crippen molar-refractivity contribution in [2.24, 2.45) is 0 Å². The molecule has 1 aromatic carbocycles. The number of hydrogen-bond donors (Lipinski definition) is 1. The minimum Gasteiger partial charge on any atom is -0.345 e. The molecule has 0 saturated carbocycles. The maximum absolute atomic E-state index is 13.2. The predicted octanol–water partition coefficient (Wildman–Crippen LogP) is 4.08. The van der Waals surface area contributed by atoms with Crippen molar-refractivity contribution in [2.75, 3.05) is 0 Å². The first-order valence-electron chi connectivity index (χ1n) is 10.9. The molecule has 4 rings (SSSR count). The fourth-order valence-corrected chi connectivity index (χ4v) is 4.55. The highest BCUT2D eigenvalue weighted by molar-refractivity contribution is 7.09. The van der Waals surface area contributed by atoms with E-state index in [1.807, 2.05) is 60.2 Å². The van der Waals surface area contributed by atoms with Crippen LogP contribution in [-0.2, 0) is 25.9 Å². The Hall–Kier alpha value is -3.58. The number of aryl methyl sites for hydroxylation is 3. The number of amides is 1. The molecule has 0 bridgehead atoms. The van der Waals surface area contributed by atoms with Crippen LogP contribution in [0.5, 0.6) is 0 Å². The summed E-state index contributed by atoms with van der Waals surface area (Å²) in [6, 6.07) is 17.4. The summed E-state index contributed by atoms with van der Waals surface area (Å²) in [5.41, 5.74) is 4.40. The first kappa shape index (κ1) is 22.6. The lowest BCUT2D eigenvalue weighted by Crippen LogP contribution is -2.33. The van der Waals surface area contributed by atoms with Gasteiger partial charge in [-0.1, -0.05) is 36.4 Å². The lowest BCUT2D eigenvalue weighted by molar-refractivity contribution is 0.0947. The average Bonchev–Trinajstić information content (AvgIpc) is 3.24. The Kier molecular flexibility index (Phi) is 7.10. The fraction of sp³-hybridized carbons (Fsp3) is 0.231. The van der Waals surface area contributed by atoms with Gasteiger partial charge in [0.15, 0.2) is 5.43 Å². The van der Waals surface area contributed by atoms with Crippen LogP contribution in [0.15, 0.2) is 71.0 Å². The molecule has 1 N–H and O–H groups in total. The summed E-state index contributed by atoms with van der Waals surface area (Å²) < 4.78 is 2.04. The Morgan fingerprint density at radius 2 is 1.85 bits per heavy atom. The predicted molar refractivity (Wildman–Crippen MR) is 131 cm³/mol. The summed E-state index contributed by atoms with van der Waals surface area (Å²) in [7, 11) is 0. The molecule has 0 saturated heterocycles. The molecule has 0 radical (unpaired) electrons. The number of carbonyl (C=O) groups is 1. The summed E-state index contributed by atoms with van der Waals surface area (Å²) in [6.45, 7) is 4.60. The number of hydrogen-bond acceptors (Lipinski definition) is 5. The van der Waals surface area contributed by atoms with E-state index in [9.17, 15) is 9.59 Å². The van der Waals surface area contributed by atoms with Crippen molar-refractivity contribution in [3.8, 4) is 0 Å². The smallest absolute Gasteiger partial charge is 0.257 e. The third-order valence-electron chi connectivity index (χ3n) is 5.46. The van der Waals surface area contributed by atoms with E-state index < -0.39 is 0 Å². The monoisotopic (exact) mass is 458 g/mol. The summed E-state index contributed by atoms with van der Waals surface area (Å²) in [6.07, 6.45) is 3.03. The summed E-state index contributed by atoms with van der Waals surface area (Å²) in [5.74, 6) is -0.370. The first-order valence-corrected chi connectivity index (χ1v) is 11.8. The summed E-state index contributed by atoms with van der Waals surface area (Å²) >= 11 is 1.49. The Morgan fingerprint density at radius 1 is 1.06 bits per heavy atom. The minimum absolute atomic E-state index is 0.195. The maximum atomic E-state index is 13.2. The van der Waals surface area contributed by atoms with Gasteiger partial charge in [0.25, 0.3) is 5.91 Å². The van der Waals surface area contributed by atoms with Gasteiger partial charge in [0, 0.05) is 34.7 Å². The second-order valence-electron chi connectivity index (χ2n) is 7.93. The van der Waals surface area contributed by atoms with Crippen LogP contribution < -0.4 is 10.7 Å². The van der Waals surface area contributed by atoms with Crippen LogP contribution in [-0.4, -0.2) is 20.4 Å². The van der Waals surface area contributed by atoms with E-state index in [0.717, 1.165) is 39.8 Å². The standard InChI is InChI=1S/C26H26N4O2S/c1-18-17-33-24(29-18)15-28-26(32)25-22(12-11-20-8-4-3-5-9-20)30(19(2)14-23(25)31)16-21-10-6-7-13-27-21/h3-10,13-14,17H,11-12,15-16H2,1-2H3,(H,28,32). The molecule has 0 aliphatic carbocycles. The van der Waals surface area contributed by atoms with E-state index in [4.69, 9.17) is 0 Å². The number of rotatable bonds is 8. The molecule has 168 valence electrons. The van der Waals surface area contributed by atoms with Gasteiger partial charge >= 0.3 is 0 Å². The van der Waals surface area contributed by atoms with Gasteiger partial charge in [-0.15, -0.1) is 11.3 Å². The van der Waals surface area contributed by atoms with Crippen LogP contribution in [0.2, 0.25) is 0 Å². The van der Waals surface area contributed by atoms with Gasteiger partial charge in [0.1, 0.15) is 10.6 Å². The number of nitrogens with one attached hydrogen (secondary N) is 1. The van der Waals surface area contributed by atoms with E-state index in [-0.39, 0.29) is 16.9 Å². The molecule has 0 aliphatic heterocycles. The zero-order valence-electron chi connectivity index (χ0n) is 18.7. The van der Waals surface area contributed by atoms with Crippen molar-refractivity contribution in [3.05, 3.63) is 115 Å². The van der Waals surface area contributed by atoms with Crippen molar-refractivity contribution in [1.29, 1.82) is 0 Å². The van der Waals surface area contributed by atoms with Crippen molar-refractivity contribution < 1.29 is 4.79 Å². The van der Waals surface area contributed by atoms with Gasteiger partial charge in [0.05, 0.1) is 18.8 Å². The number of carbonyl (C=O) groups excluding carboxylic acids is 1. The number of thiazole rings is 1. The van der Waals surface area contributed by atoms with Gasteiger partial charge in [-0.2, -0.15) is 0 Å². The van der Waals surface area contributed by atoms with Crippen molar-refractivity contribution >= 4 is 17.2 Å². The Labute approximate surface area is 197 Å². The lowest BCUT2D eigenvalue weighted by Gasteiger charge is -2.20. The number of aromatic nitrogens is 3. The Balaban J connectivity index is 1.70. The van der Waals surface area contributed by atoms with E-state index in [0.29, 0.717) is 19.5 Å². The SMILES string of the molecule is Cc1csc(CNC(=O)c2c(CCc3ccccc3)n(Cc3ccccn3)c(C)cc2=O)n1. The molecule has 33 heavy (non-hydrogen) atoms. The van der Waals surface area contributed by atoms with Crippen LogP contribution in [0.25, 0.3) is 0 Å². The summed E-state index contributed by atoms with van der Waals surface area (Å²) in [5, 5.41) is 5.65. The largest absolute Gasteiger partial charge is 0.345 e. The molecule has 0 fully saturated rings. The number of nitrogens with zero attached hydrogens (tertiary/aromatic N) is 3. The summed E-state index contributed by atoms with van der Waals surface area (Å²) in [4.78, 5) is 35.1. The molecule has 0 unspecified atom stereocenters. The number of benzene rings is 1. The molecule has 0 atom stereocenters. The molecule has 7 heteroatoms. The Morgan fingerprint density at radius 3 is 2.55 bits per heavy atom. The zero-order chi connectivity index (χ0) is 23.2. The lowest BCUT2D eigenvalue weighted by atomic mass is 10.0. The van der Waals surface area contributed by atoms with E-state index in [2.05, 4.69) is 27.4 Å². The van der Waals surface area contributed by atoms with Gasteiger partial charge in [-0.3, -0.25) is 14.6 Å². The van der Waals surface area contributed by atoms with E-state index >= 15 is 0 Å². The van der Waals surface area contributed by atoms with Crippen LogP contribution in [0.4, 0.5) is 0 Å². The van der Waals surface area contributed by atoms with E-state index in [1.165, 1.54) is 17.4 Å². The van der Waals surface area contributed by atoms with Crippen molar-refractivity contribution in [1.82, 2.24) is 19.9 Å². The molecule has 6 nitrogen and oxygen atoms in total. The Bertz CT molecular complexity index is 1300. The highest BCUT2D eigenvalue weighted by Gasteiger charge is 2.21. The quantitative estimate of drug-likeness (QED) is 0.432. The number of pyridine rings is 2. The minimum atomic E-state index is -0.370. The normalized spacial score (nSPS) is 10.8. The average molecular weight is 459 g/mol. The third kappa shape index (κ3) is 5.62. The maximum Gasteiger partial charge on any atom is 0.257 e. The molecule has 1 amide bonds. The highest BCUT2D eigenvalue weighted by Crippen LogP contribution is 2.16. The second-order valence-corrected chi connectivity index (χ2v) is 8.87. The van der Waals surface area contributed by atoms with Gasteiger partial charge < -0.3 is 9.88 Å². The zero-order valence-corrected chi connectivity index (χ0v) is 19.6. The fourth-order valence-electron chi connectivity index (χ4n) is 3.84. The van der Waals surface area contributed by atoms with Gasteiger partial charge in [0.2, 0.25) is 0 Å². The van der Waals surface area contributed by atoms with E-state index in [1.54, 1.807) is 6.20 Å². The molecular weight excluding hydrogens is 432 g/mol. The molecular formula is C26H26N4O2S. The molecule has 3 heterocycles. The van der Waals surface area contributed by atoms with Crippen LogP contribution in [0, 0.1) is 13.8 Å².